The van der Waals surface area contributed by atoms with Crippen molar-refractivity contribution in [1.82, 2.24) is 19.8 Å². The Bertz CT molecular complexity index is 1860. The van der Waals surface area contributed by atoms with Crippen molar-refractivity contribution in [1.29, 1.82) is 0 Å². The largest absolute Gasteiger partial charge is 0.481 e. The van der Waals surface area contributed by atoms with Gasteiger partial charge in [-0.25, -0.2) is 13.4 Å². The van der Waals surface area contributed by atoms with Crippen LogP contribution in [-0.2, 0) is 20.2 Å². The first-order valence-corrected chi connectivity index (χ1v) is 24.0. The van der Waals surface area contributed by atoms with Crippen LogP contribution in [0.3, 0.4) is 0 Å². The molecule has 1 amide bonds. The molecule has 1 fully saturated rings. The van der Waals surface area contributed by atoms with E-state index >= 15 is 0 Å². The number of aromatic amines is 1. The first-order chi connectivity index (χ1) is 27.7. The van der Waals surface area contributed by atoms with E-state index in [9.17, 15) is 13.2 Å². The summed E-state index contributed by atoms with van der Waals surface area (Å²) in [5, 5.41) is 11.5. The van der Waals surface area contributed by atoms with Crippen molar-refractivity contribution in [3.8, 4) is 17.1 Å². The summed E-state index contributed by atoms with van der Waals surface area (Å²) in [5.74, 6) is 1.74. The SMILES string of the molecule is CCCCCCCCCCCCC(Oc1ccc(NS(=O)(=O)CCCC)cc1)C(=O)Nc1cccc(-c2nc3cc(C(CC)(CC)CC4CCCCC4)[nH]n3n2)c1. The maximum atomic E-state index is 13.9. The fourth-order valence-electron chi connectivity index (χ4n) is 8.49. The fraction of sp³-hybridized carbons (Fsp3) is 0.630. The molecule has 2 aromatic heterocycles. The predicted molar refractivity (Wildman–Crippen MR) is 234 cm³/mol. The number of sulfonamides is 1. The molecule has 11 heteroatoms. The number of anilines is 2. The Morgan fingerprint density at radius 2 is 1.51 bits per heavy atom. The van der Waals surface area contributed by atoms with E-state index in [1.807, 2.05) is 31.2 Å². The maximum Gasteiger partial charge on any atom is 0.265 e. The molecule has 1 atom stereocenters. The number of rotatable bonds is 26. The van der Waals surface area contributed by atoms with Crippen molar-refractivity contribution in [2.45, 2.75) is 174 Å². The Morgan fingerprint density at radius 1 is 0.842 bits per heavy atom. The molecule has 3 N–H and O–H groups in total. The monoisotopic (exact) mass is 803 g/mol. The molecule has 0 saturated heterocycles. The maximum absolute atomic E-state index is 13.9. The molecule has 1 aliphatic carbocycles. The number of aromatic nitrogens is 4. The van der Waals surface area contributed by atoms with Crippen LogP contribution >= 0.6 is 0 Å². The molecule has 0 radical (unpaired) electrons. The quantitative estimate of drug-likeness (QED) is 0.0542. The zero-order valence-electron chi connectivity index (χ0n) is 35.3. The van der Waals surface area contributed by atoms with Gasteiger partial charge in [0.1, 0.15) is 5.75 Å². The Labute approximate surface area is 342 Å². The van der Waals surface area contributed by atoms with Crippen molar-refractivity contribution in [3.63, 3.8) is 0 Å². The van der Waals surface area contributed by atoms with Gasteiger partial charge in [-0.2, -0.15) is 4.63 Å². The van der Waals surface area contributed by atoms with Gasteiger partial charge in [-0.05, 0) is 80.8 Å². The molecule has 0 aliphatic heterocycles. The second-order valence-corrected chi connectivity index (χ2v) is 18.4. The molecule has 1 aliphatic rings. The summed E-state index contributed by atoms with van der Waals surface area (Å²) >= 11 is 0. The molecule has 0 bridgehead atoms. The van der Waals surface area contributed by atoms with Crippen LogP contribution in [0.4, 0.5) is 11.4 Å². The number of amides is 1. The molecule has 1 unspecified atom stereocenters. The van der Waals surface area contributed by atoms with Crippen LogP contribution in [0.5, 0.6) is 5.75 Å². The first kappa shape index (κ1) is 44.2. The number of hydrogen-bond donors (Lipinski definition) is 3. The third-order valence-corrected chi connectivity index (χ3v) is 13.5. The van der Waals surface area contributed by atoms with Crippen molar-refractivity contribution < 1.29 is 17.9 Å². The molecule has 4 aromatic rings. The minimum absolute atomic E-state index is 0.0803. The number of carbonyl (C=O) groups excluding carboxylic acids is 1. The molecule has 0 spiro atoms. The van der Waals surface area contributed by atoms with Gasteiger partial charge in [0, 0.05) is 34.1 Å². The van der Waals surface area contributed by atoms with E-state index in [0.29, 0.717) is 35.8 Å². The zero-order chi connectivity index (χ0) is 40.5. The molecule has 2 heterocycles. The van der Waals surface area contributed by atoms with E-state index in [1.165, 1.54) is 89.2 Å². The van der Waals surface area contributed by atoms with Crippen LogP contribution in [0, 0.1) is 5.92 Å². The highest BCUT2D eigenvalue weighted by atomic mass is 32.2. The number of ether oxygens (including phenoxy) is 1. The number of nitrogens with one attached hydrogen (secondary N) is 3. The van der Waals surface area contributed by atoms with Crippen LogP contribution in [0.25, 0.3) is 17.0 Å². The normalized spacial score (nSPS) is 14.5. The van der Waals surface area contributed by atoms with Gasteiger partial charge >= 0.3 is 0 Å². The number of nitrogens with zero attached hydrogens (tertiary/aromatic N) is 3. The first-order valence-electron chi connectivity index (χ1n) is 22.3. The summed E-state index contributed by atoms with van der Waals surface area (Å²) in [5.41, 5.74) is 4.05. The second-order valence-electron chi connectivity index (χ2n) is 16.5. The van der Waals surface area contributed by atoms with E-state index in [-0.39, 0.29) is 17.1 Å². The van der Waals surface area contributed by atoms with Gasteiger partial charge in [0.25, 0.3) is 5.91 Å². The van der Waals surface area contributed by atoms with Crippen LogP contribution < -0.4 is 14.8 Å². The predicted octanol–water partition coefficient (Wildman–Crippen LogP) is 12.0. The number of carbonyl (C=O) groups is 1. The highest BCUT2D eigenvalue weighted by Crippen LogP contribution is 2.41. The third-order valence-electron chi connectivity index (χ3n) is 12.1. The number of hydrogen-bond acceptors (Lipinski definition) is 6. The number of unbranched alkanes of at least 4 members (excludes halogenated alkanes) is 10. The van der Waals surface area contributed by atoms with E-state index in [2.05, 4.69) is 42.0 Å². The Balaban J connectivity index is 1.24. The van der Waals surface area contributed by atoms with Gasteiger partial charge in [-0.15, -0.1) is 5.10 Å². The van der Waals surface area contributed by atoms with Gasteiger partial charge in [-0.3, -0.25) is 14.6 Å². The van der Waals surface area contributed by atoms with Gasteiger partial charge in [-0.1, -0.05) is 136 Å². The van der Waals surface area contributed by atoms with Gasteiger partial charge in [0.15, 0.2) is 17.6 Å². The summed E-state index contributed by atoms with van der Waals surface area (Å²) in [6, 6.07) is 16.6. The van der Waals surface area contributed by atoms with Gasteiger partial charge in [0.2, 0.25) is 10.0 Å². The summed E-state index contributed by atoms with van der Waals surface area (Å²) in [6.07, 6.45) is 23.4. The summed E-state index contributed by atoms with van der Waals surface area (Å²) in [6.45, 7) is 8.82. The topological polar surface area (TPSA) is 130 Å². The Hall–Kier alpha value is -3.86. The Kier molecular flexibility index (Phi) is 17.3. The summed E-state index contributed by atoms with van der Waals surface area (Å²) in [4.78, 5) is 18.8. The van der Waals surface area contributed by atoms with Crippen molar-refractivity contribution in [2.75, 3.05) is 15.8 Å². The molecule has 57 heavy (non-hydrogen) atoms. The lowest BCUT2D eigenvalue weighted by molar-refractivity contribution is -0.123. The fourth-order valence-corrected chi connectivity index (χ4v) is 9.76. The third kappa shape index (κ3) is 13.3. The minimum atomic E-state index is -3.42. The van der Waals surface area contributed by atoms with Crippen LogP contribution in [0.2, 0.25) is 0 Å². The number of H-pyrrole nitrogens is 1. The molecular weight excluding hydrogens is 733 g/mol. The van der Waals surface area contributed by atoms with Crippen molar-refractivity contribution in [2.24, 2.45) is 5.92 Å². The van der Waals surface area contributed by atoms with Crippen molar-refractivity contribution in [3.05, 3.63) is 60.3 Å². The lowest BCUT2D eigenvalue weighted by Crippen LogP contribution is -2.33. The Morgan fingerprint density at radius 3 is 2.16 bits per heavy atom. The molecule has 10 nitrogen and oxygen atoms in total. The zero-order valence-corrected chi connectivity index (χ0v) is 36.1. The lowest BCUT2D eigenvalue weighted by Gasteiger charge is -2.36. The summed E-state index contributed by atoms with van der Waals surface area (Å²) in [7, 11) is -3.42. The molecule has 5 rings (SSSR count). The molecular formula is C46H70N6O4S. The van der Waals surface area contributed by atoms with E-state index in [0.717, 1.165) is 55.7 Å². The summed E-state index contributed by atoms with van der Waals surface area (Å²) < 4.78 is 35.6. The lowest BCUT2D eigenvalue weighted by atomic mass is 9.69. The smallest absolute Gasteiger partial charge is 0.265 e. The highest BCUT2D eigenvalue weighted by molar-refractivity contribution is 7.92. The van der Waals surface area contributed by atoms with Crippen LogP contribution in [0.15, 0.2) is 54.6 Å². The molecule has 1 saturated carbocycles. The standard InChI is InChI=1S/C46H70N6O4S/c1-5-9-11-12-13-14-15-16-17-21-27-41(56-40-30-28-38(29-31-40)51-57(54,55)32-10-6-2)45(53)47-39-26-22-25-37(33-39)44-48-43-34-42(49-52(43)50-44)46(7-3,8-4)35-36-23-19-18-20-24-36/h22,25-26,28-31,33-34,36,41,49,51H,5-21,23-24,27,32,35H2,1-4H3,(H,47,53). The average Bonchev–Trinajstić information content (AvgIpc) is 3.81. The van der Waals surface area contributed by atoms with Gasteiger partial charge < -0.3 is 10.1 Å². The van der Waals surface area contributed by atoms with Crippen LogP contribution in [-0.4, -0.2) is 46.0 Å². The van der Waals surface area contributed by atoms with Gasteiger partial charge in [0.05, 0.1) is 5.75 Å². The number of benzene rings is 2. The van der Waals surface area contributed by atoms with E-state index in [1.54, 1.807) is 28.9 Å². The van der Waals surface area contributed by atoms with E-state index < -0.39 is 16.1 Å². The number of fused-ring (bicyclic) bond motifs is 1. The second kappa shape index (κ2) is 22.3. The van der Waals surface area contributed by atoms with E-state index in [4.69, 9.17) is 14.8 Å². The van der Waals surface area contributed by atoms with Crippen molar-refractivity contribution >= 4 is 33.0 Å². The average molecular weight is 803 g/mol. The highest BCUT2D eigenvalue weighted by Gasteiger charge is 2.34. The molecule has 2 aromatic carbocycles. The van der Waals surface area contributed by atoms with Crippen LogP contribution in [0.1, 0.15) is 168 Å². The minimum Gasteiger partial charge on any atom is -0.481 e. The molecule has 314 valence electrons.